The topological polar surface area (TPSA) is 34.1 Å². The van der Waals surface area contributed by atoms with E-state index in [0.29, 0.717) is 27.6 Å². The maximum absolute atomic E-state index is 12.6. The van der Waals surface area contributed by atoms with Crippen LogP contribution in [0, 0.1) is 0 Å². The predicted molar refractivity (Wildman–Crippen MR) is 98.3 cm³/mol. The number of Topliss-reactive ketones (excluding diaryl/α,β-unsaturated/α-hetero) is 2. The molecule has 1 aromatic rings. The van der Waals surface area contributed by atoms with Gasteiger partial charge in [0, 0.05) is 16.7 Å². The Kier molecular flexibility index (Phi) is 7.22. The molecule has 0 spiro atoms. The monoisotopic (exact) mass is 376 g/mol. The van der Waals surface area contributed by atoms with Gasteiger partial charge < -0.3 is 0 Å². The number of carbonyl (C=O) groups excluding carboxylic acids is 2. The van der Waals surface area contributed by atoms with Gasteiger partial charge in [-0.3, -0.25) is 9.59 Å². The van der Waals surface area contributed by atoms with E-state index < -0.39 is 0 Å². The quantitative estimate of drug-likeness (QED) is 0.477. The third kappa shape index (κ3) is 4.63. The van der Waals surface area contributed by atoms with Gasteiger partial charge in [0.05, 0.1) is 4.48 Å². The Morgan fingerprint density at radius 1 is 0.783 bits per heavy atom. The van der Waals surface area contributed by atoms with Crippen molar-refractivity contribution < 1.29 is 9.59 Å². The number of ketones is 2. The van der Waals surface area contributed by atoms with Gasteiger partial charge in [-0.1, -0.05) is 76.1 Å². The predicted octanol–water partition coefficient (Wildman–Crippen LogP) is 6.25. The van der Waals surface area contributed by atoms with E-state index in [4.69, 9.17) is 0 Å². The minimum Gasteiger partial charge on any atom is -0.289 e. The summed E-state index contributed by atoms with van der Waals surface area (Å²) in [7, 11) is 0. The Labute approximate surface area is 147 Å². The lowest BCUT2D eigenvalue weighted by Crippen LogP contribution is -2.19. The van der Waals surface area contributed by atoms with Crippen LogP contribution >= 0.6 is 15.9 Å². The molecule has 2 nitrogen and oxygen atoms in total. The minimum atomic E-state index is -0.0604. The molecule has 0 heterocycles. The molecule has 1 aliphatic carbocycles. The van der Waals surface area contributed by atoms with Gasteiger partial charge in [0.15, 0.2) is 5.78 Å². The fourth-order valence-corrected chi connectivity index (χ4v) is 3.65. The molecule has 23 heavy (non-hydrogen) atoms. The molecule has 0 amide bonds. The van der Waals surface area contributed by atoms with Gasteiger partial charge in [-0.05, 0) is 28.8 Å². The van der Waals surface area contributed by atoms with Crippen molar-refractivity contribution in [2.24, 2.45) is 0 Å². The Hall–Kier alpha value is -1.22. The van der Waals surface area contributed by atoms with Crippen molar-refractivity contribution in [2.45, 2.75) is 64.7 Å². The van der Waals surface area contributed by atoms with Crippen molar-refractivity contribution in [1.82, 2.24) is 0 Å². The molecule has 0 atom stereocenters. The normalized spacial score (nSPS) is 14.3. The molecule has 1 aliphatic rings. The van der Waals surface area contributed by atoms with Crippen molar-refractivity contribution in [3.05, 3.63) is 45.4 Å². The Morgan fingerprint density at radius 2 is 1.30 bits per heavy atom. The number of unbranched alkanes of at least 4 members (excludes halogenated alkanes) is 7. The summed E-state index contributed by atoms with van der Waals surface area (Å²) >= 11 is 3.35. The van der Waals surface area contributed by atoms with Crippen LogP contribution in [-0.4, -0.2) is 11.6 Å². The zero-order valence-corrected chi connectivity index (χ0v) is 15.5. The molecule has 0 unspecified atom stereocenters. The summed E-state index contributed by atoms with van der Waals surface area (Å²) < 4.78 is 0.462. The van der Waals surface area contributed by atoms with Crippen molar-refractivity contribution in [2.75, 3.05) is 0 Å². The highest BCUT2D eigenvalue weighted by atomic mass is 79.9. The zero-order valence-electron chi connectivity index (χ0n) is 13.9. The lowest BCUT2D eigenvalue weighted by molar-refractivity contribution is 0.0979. The highest BCUT2D eigenvalue weighted by Crippen LogP contribution is 2.32. The molecule has 2 rings (SSSR count). The molecule has 0 aliphatic heterocycles. The first kappa shape index (κ1) is 18.1. The van der Waals surface area contributed by atoms with E-state index in [-0.39, 0.29) is 11.6 Å². The van der Waals surface area contributed by atoms with Gasteiger partial charge in [0.25, 0.3) is 0 Å². The number of hydrogen-bond acceptors (Lipinski definition) is 2. The average molecular weight is 377 g/mol. The molecule has 1 aromatic carbocycles. The van der Waals surface area contributed by atoms with Gasteiger partial charge in [-0.15, -0.1) is 0 Å². The molecule has 0 N–H and O–H groups in total. The van der Waals surface area contributed by atoms with Gasteiger partial charge in [-0.2, -0.15) is 0 Å². The Bertz CT molecular complexity index is 601. The number of hydrogen-bond donors (Lipinski definition) is 0. The minimum absolute atomic E-state index is 0.00928. The SMILES string of the molecule is CCCCCCCCCCC1=C(Br)C(=O)c2ccccc2C1=O. The third-order valence-electron chi connectivity index (χ3n) is 4.44. The average Bonchev–Trinajstić information content (AvgIpc) is 2.58. The van der Waals surface area contributed by atoms with Gasteiger partial charge in [0.1, 0.15) is 0 Å². The molecule has 0 radical (unpaired) electrons. The standard InChI is InChI=1S/C20H25BrO2/c1-2-3-4-5-6-7-8-9-14-17-18(21)20(23)16-13-11-10-12-15(16)19(17)22/h10-13H,2-9,14H2,1H3. The molecule has 0 bridgehead atoms. The van der Waals surface area contributed by atoms with Crippen LogP contribution in [0.5, 0.6) is 0 Å². The van der Waals surface area contributed by atoms with Crippen molar-refractivity contribution >= 4 is 27.5 Å². The van der Waals surface area contributed by atoms with Crippen LogP contribution in [0.15, 0.2) is 34.3 Å². The van der Waals surface area contributed by atoms with Crippen molar-refractivity contribution in [1.29, 1.82) is 0 Å². The number of benzene rings is 1. The van der Waals surface area contributed by atoms with E-state index in [1.165, 1.54) is 38.5 Å². The summed E-state index contributed by atoms with van der Waals surface area (Å²) in [5, 5.41) is 0. The second-order valence-electron chi connectivity index (χ2n) is 6.22. The van der Waals surface area contributed by atoms with E-state index in [2.05, 4.69) is 22.9 Å². The first-order chi connectivity index (χ1) is 11.2. The van der Waals surface area contributed by atoms with E-state index in [1.54, 1.807) is 18.2 Å². The summed E-state index contributed by atoms with van der Waals surface area (Å²) in [5.74, 6) is -0.0511. The van der Waals surface area contributed by atoms with E-state index in [1.807, 2.05) is 6.07 Å². The van der Waals surface area contributed by atoms with Gasteiger partial charge in [0.2, 0.25) is 5.78 Å². The number of carbonyl (C=O) groups is 2. The summed E-state index contributed by atoms with van der Waals surface area (Å²) in [5.41, 5.74) is 1.72. The molecule has 0 aromatic heterocycles. The second-order valence-corrected chi connectivity index (χ2v) is 7.01. The molecule has 0 saturated carbocycles. The van der Waals surface area contributed by atoms with Gasteiger partial charge in [-0.25, -0.2) is 0 Å². The van der Waals surface area contributed by atoms with Crippen LogP contribution < -0.4 is 0 Å². The molecule has 0 fully saturated rings. The third-order valence-corrected chi connectivity index (χ3v) is 5.27. The van der Waals surface area contributed by atoms with E-state index in [9.17, 15) is 9.59 Å². The fraction of sp³-hybridized carbons (Fsp3) is 0.500. The summed E-state index contributed by atoms with van der Waals surface area (Å²) in [4.78, 5) is 24.9. The number of halogens is 1. The second kappa shape index (κ2) is 9.17. The summed E-state index contributed by atoms with van der Waals surface area (Å²) in [6.45, 7) is 2.23. The largest absolute Gasteiger partial charge is 0.289 e. The van der Waals surface area contributed by atoms with E-state index in [0.717, 1.165) is 12.8 Å². The lowest BCUT2D eigenvalue weighted by atomic mass is 9.87. The maximum Gasteiger partial charge on any atom is 0.201 e. The zero-order chi connectivity index (χ0) is 16.7. The van der Waals surface area contributed by atoms with Crippen molar-refractivity contribution in [3.8, 4) is 0 Å². The first-order valence-electron chi connectivity index (χ1n) is 8.74. The Morgan fingerprint density at radius 3 is 1.91 bits per heavy atom. The van der Waals surface area contributed by atoms with Crippen LogP contribution in [0.25, 0.3) is 0 Å². The smallest absolute Gasteiger partial charge is 0.201 e. The number of allylic oxidation sites excluding steroid dienone is 2. The molecular weight excluding hydrogens is 352 g/mol. The van der Waals surface area contributed by atoms with E-state index >= 15 is 0 Å². The van der Waals surface area contributed by atoms with Crippen LogP contribution in [0.4, 0.5) is 0 Å². The highest BCUT2D eigenvalue weighted by molar-refractivity contribution is 9.12. The number of fused-ring (bicyclic) bond motifs is 1. The van der Waals surface area contributed by atoms with Crippen LogP contribution in [0.2, 0.25) is 0 Å². The lowest BCUT2D eigenvalue weighted by Gasteiger charge is -2.17. The van der Waals surface area contributed by atoms with Crippen LogP contribution in [0.3, 0.4) is 0 Å². The molecular formula is C20H25BrO2. The Balaban J connectivity index is 1.85. The van der Waals surface area contributed by atoms with Crippen LogP contribution in [-0.2, 0) is 0 Å². The van der Waals surface area contributed by atoms with Gasteiger partial charge >= 0.3 is 0 Å². The molecule has 124 valence electrons. The fourth-order valence-electron chi connectivity index (χ4n) is 3.06. The highest BCUT2D eigenvalue weighted by Gasteiger charge is 2.29. The van der Waals surface area contributed by atoms with Crippen LogP contribution in [0.1, 0.15) is 85.4 Å². The molecule has 3 heteroatoms. The number of rotatable bonds is 9. The maximum atomic E-state index is 12.6. The van der Waals surface area contributed by atoms with Crippen molar-refractivity contribution in [3.63, 3.8) is 0 Å². The first-order valence-corrected chi connectivity index (χ1v) is 9.53. The summed E-state index contributed by atoms with van der Waals surface area (Å²) in [6, 6.07) is 7.09. The molecule has 0 saturated heterocycles. The summed E-state index contributed by atoms with van der Waals surface area (Å²) in [6.07, 6.45) is 10.5.